The fourth-order valence-corrected chi connectivity index (χ4v) is 4.96. The molecule has 0 bridgehead atoms. The van der Waals surface area contributed by atoms with Gasteiger partial charge in [-0.15, -0.1) is 11.3 Å². The first-order chi connectivity index (χ1) is 16.5. The maximum Gasteiger partial charge on any atom is 0.275 e. The molecule has 1 unspecified atom stereocenters. The third kappa shape index (κ3) is 4.95. The summed E-state index contributed by atoms with van der Waals surface area (Å²) in [6.07, 6.45) is 5.76. The monoisotopic (exact) mass is 473 g/mol. The Kier molecular flexibility index (Phi) is 6.29. The van der Waals surface area contributed by atoms with Crippen molar-refractivity contribution in [1.82, 2.24) is 14.8 Å². The Morgan fingerprint density at radius 3 is 2.88 bits per heavy atom. The van der Waals surface area contributed by atoms with Gasteiger partial charge in [-0.3, -0.25) is 9.48 Å². The van der Waals surface area contributed by atoms with Gasteiger partial charge in [-0.2, -0.15) is 5.10 Å². The van der Waals surface area contributed by atoms with Gasteiger partial charge in [0.15, 0.2) is 0 Å². The van der Waals surface area contributed by atoms with E-state index in [-0.39, 0.29) is 11.9 Å². The minimum Gasteiger partial charge on any atom is -0.399 e. The van der Waals surface area contributed by atoms with Crippen molar-refractivity contribution in [2.45, 2.75) is 25.4 Å². The van der Waals surface area contributed by atoms with Crippen LogP contribution in [0.4, 0.5) is 17.1 Å². The molecule has 1 fully saturated rings. The van der Waals surface area contributed by atoms with Gasteiger partial charge in [0.05, 0.1) is 24.1 Å². The maximum absolute atomic E-state index is 13.0. The van der Waals surface area contributed by atoms with Crippen LogP contribution in [0, 0.1) is 0 Å². The molecule has 9 heteroatoms. The van der Waals surface area contributed by atoms with E-state index in [0.717, 1.165) is 42.2 Å². The van der Waals surface area contributed by atoms with Crippen molar-refractivity contribution in [2.75, 3.05) is 29.0 Å². The lowest BCUT2D eigenvalue weighted by Gasteiger charge is -2.34. The highest BCUT2D eigenvalue weighted by molar-refractivity contribution is 7.13. The van der Waals surface area contributed by atoms with Crippen LogP contribution in [0.5, 0.6) is 0 Å². The molecular weight excluding hydrogens is 446 g/mol. The molecule has 2 aromatic heterocycles. The van der Waals surface area contributed by atoms with Crippen LogP contribution in [0.2, 0.25) is 0 Å². The smallest absolute Gasteiger partial charge is 0.275 e. The summed E-state index contributed by atoms with van der Waals surface area (Å²) in [7, 11) is 0. The van der Waals surface area contributed by atoms with Crippen LogP contribution in [-0.2, 0) is 6.54 Å². The van der Waals surface area contributed by atoms with Crippen molar-refractivity contribution in [1.29, 1.82) is 0 Å². The fourth-order valence-electron chi connectivity index (χ4n) is 4.19. The van der Waals surface area contributed by atoms with Gasteiger partial charge >= 0.3 is 0 Å². The Bertz CT molecular complexity index is 1280. The number of nitrogens with two attached hydrogens (primary N) is 2. The highest BCUT2D eigenvalue weighted by atomic mass is 32.1. The molecule has 8 nitrogen and oxygen atoms in total. The van der Waals surface area contributed by atoms with Crippen LogP contribution < -0.4 is 21.7 Å². The minimum absolute atomic E-state index is 0.124. The second kappa shape index (κ2) is 9.66. The summed E-state index contributed by atoms with van der Waals surface area (Å²) in [5, 5.41) is 9.96. The van der Waals surface area contributed by atoms with Crippen LogP contribution in [0.1, 0.15) is 28.9 Å². The van der Waals surface area contributed by atoms with E-state index in [2.05, 4.69) is 32.4 Å². The van der Waals surface area contributed by atoms with Gasteiger partial charge in [-0.25, -0.2) is 4.98 Å². The molecule has 3 heterocycles. The summed E-state index contributed by atoms with van der Waals surface area (Å²) in [5.41, 5.74) is 16.8. The molecule has 0 radical (unpaired) electrons. The van der Waals surface area contributed by atoms with E-state index in [1.165, 1.54) is 16.9 Å². The Balaban J connectivity index is 1.31. The quantitative estimate of drug-likeness (QED) is 0.367. The largest absolute Gasteiger partial charge is 0.399 e. The van der Waals surface area contributed by atoms with Crippen LogP contribution in [0.3, 0.4) is 0 Å². The summed E-state index contributed by atoms with van der Waals surface area (Å²) in [4.78, 5) is 19.8. The third-order valence-electron chi connectivity index (χ3n) is 5.87. The summed E-state index contributed by atoms with van der Waals surface area (Å²) in [6.45, 7) is 2.33. The Labute approximate surface area is 202 Å². The zero-order chi connectivity index (χ0) is 23.5. The molecule has 1 atom stereocenters. The Morgan fingerprint density at radius 1 is 1.21 bits per heavy atom. The summed E-state index contributed by atoms with van der Waals surface area (Å²) >= 11 is 1.42. The Morgan fingerprint density at radius 2 is 2.06 bits per heavy atom. The topological polar surface area (TPSA) is 115 Å². The van der Waals surface area contributed by atoms with Gasteiger partial charge in [0.25, 0.3) is 5.91 Å². The lowest BCUT2D eigenvalue weighted by atomic mass is 10.1. The van der Waals surface area contributed by atoms with Gasteiger partial charge in [-0.1, -0.05) is 30.3 Å². The van der Waals surface area contributed by atoms with Crippen molar-refractivity contribution in [3.63, 3.8) is 0 Å². The van der Waals surface area contributed by atoms with Crippen molar-refractivity contribution in [3.8, 4) is 10.6 Å². The van der Waals surface area contributed by atoms with Crippen LogP contribution in [0.15, 0.2) is 66.3 Å². The number of aromatic nitrogens is 3. The van der Waals surface area contributed by atoms with Gasteiger partial charge < -0.3 is 21.7 Å². The van der Waals surface area contributed by atoms with Gasteiger partial charge in [0, 0.05) is 42.0 Å². The Hall–Kier alpha value is -3.69. The van der Waals surface area contributed by atoms with Crippen molar-refractivity contribution >= 4 is 34.3 Å². The summed E-state index contributed by atoms with van der Waals surface area (Å²) in [5.74, 6) is -0.271. The van der Waals surface area contributed by atoms with Crippen molar-refractivity contribution < 1.29 is 4.79 Å². The van der Waals surface area contributed by atoms with Crippen molar-refractivity contribution in [3.05, 3.63) is 77.6 Å². The zero-order valence-electron chi connectivity index (χ0n) is 18.7. The molecule has 4 aromatic rings. The van der Waals surface area contributed by atoms with Crippen molar-refractivity contribution in [2.24, 2.45) is 5.73 Å². The van der Waals surface area contributed by atoms with Crippen LogP contribution >= 0.6 is 11.3 Å². The molecule has 0 aliphatic carbocycles. The molecule has 1 aliphatic heterocycles. The highest BCUT2D eigenvalue weighted by Gasteiger charge is 2.21. The number of piperidine rings is 1. The standard InChI is InChI=1S/C25H27N7OS/c26-19-8-9-23(31-10-4-7-20(27)15-31)21(11-19)29-24(33)22-16-34-25(30-22)18-12-28-32(14-18)13-17-5-2-1-3-6-17/h1-3,5-6,8-9,11-12,14,16,20H,4,7,10,13,15,26-27H2,(H,29,33). The van der Waals surface area contributed by atoms with Gasteiger partial charge in [-0.05, 0) is 36.6 Å². The number of amides is 1. The zero-order valence-corrected chi connectivity index (χ0v) is 19.5. The van der Waals surface area contributed by atoms with E-state index in [9.17, 15) is 4.79 Å². The molecular formula is C25H27N7OS. The van der Waals surface area contributed by atoms with E-state index in [0.29, 0.717) is 23.6 Å². The van der Waals surface area contributed by atoms with E-state index in [1.807, 2.05) is 41.2 Å². The number of anilines is 3. The molecule has 34 heavy (non-hydrogen) atoms. The fraction of sp³-hybridized carbons (Fsp3) is 0.240. The number of hydrogen-bond acceptors (Lipinski definition) is 7. The summed E-state index contributed by atoms with van der Waals surface area (Å²) in [6, 6.07) is 15.8. The third-order valence-corrected chi connectivity index (χ3v) is 6.76. The second-order valence-electron chi connectivity index (χ2n) is 8.53. The summed E-state index contributed by atoms with van der Waals surface area (Å²) < 4.78 is 1.87. The number of nitrogens with one attached hydrogen (secondary N) is 1. The highest BCUT2D eigenvalue weighted by Crippen LogP contribution is 2.31. The van der Waals surface area contributed by atoms with Crippen LogP contribution in [0.25, 0.3) is 10.6 Å². The molecule has 0 spiro atoms. The molecule has 1 saturated heterocycles. The lowest BCUT2D eigenvalue weighted by molar-refractivity contribution is 0.102. The van der Waals surface area contributed by atoms with E-state index in [1.54, 1.807) is 17.6 Å². The average molecular weight is 474 g/mol. The molecule has 0 saturated carbocycles. The number of rotatable bonds is 6. The molecule has 1 aliphatic rings. The number of nitrogen functional groups attached to an aromatic ring is 1. The molecule has 2 aromatic carbocycles. The average Bonchev–Trinajstić information content (AvgIpc) is 3.50. The normalized spacial score (nSPS) is 15.9. The number of carbonyl (C=O) groups is 1. The predicted octanol–water partition coefficient (Wildman–Crippen LogP) is 3.82. The molecule has 5 N–H and O–H groups in total. The van der Waals surface area contributed by atoms with Crippen LogP contribution in [-0.4, -0.2) is 39.8 Å². The first-order valence-electron chi connectivity index (χ1n) is 11.3. The predicted molar refractivity (Wildman–Crippen MR) is 137 cm³/mol. The minimum atomic E-state index is -0.271. The number of carbonyl (C=O) groups excluding carboxylic acids is 1. The van der Waals surface area contributed by atoms with Gasteiger partial charge in [0.1, 0.15) is 10.7 Å². The van der Waals surface area contributed by atoms with Gasteiger partial charge in [0.2, 0.25) is 0 Å². The molecule has 5 rings (SSSR count). The lowest BCUT2D eigenvalue weighted by Crippen LogP contribution is -2.43. The first kappa shape index (κ1) is 22.1. The second-order valence-corrected chi connectivity index (χ2v) is 9.39. The first-order valence-corrected chi connectivity index (χ1v) is 12.2. The maximum atomic E-state index is 13.0. The van der Waals surface area contributed by atoms with E-state index < -0.39 is 0 Å². The SMILES string of the molecule is Nc1ccc(N2CCCC(N)C2)c(NC(=O)c2csc(-c3cnn(Cc4ccccc4)c3)n2)c1. The number of benzene rings is 2. The van der Waals surface area contributed by atoms with E-state index >= 15 is 0 Å². The number of thiazole rings is 1. The molecule has 174 valence electrons. The number of hydrogen-bond donors (Lipinski definition) is 3. The van der Waals surface area contributed by atoms with E-state index in [4.69, 9.17) is 11.5 Å². The number of nitrogens with zero attached hydrogens (tertiary/aromatic N) is 4. The molecule has 1 amide bonds.